The Bertz CT molecular complexity index is 715. The van der Waals surface area contributed by atoms with E-state index in [1.54, 1.807) is 49.6 Å². The van der Waals surface area contributed by atoms with Crippen LogP contribution in [0.4, 0.5) is 5.69 Å². The third-order valence-corrected chi connectivity index (χ3v) is 3.84. The minimum atomic E-state index is -0.500. The van der Waals surface area contributed by atoms with Crippen molar-refractivity contribution in [2.75, 3.05) is 19.5 Å². The number of benzene rings is 2. The van der Waals surface area contributed by atoms with Gasteiger partial charge >= 0.3 is 5.97 Å². The standard InChI is InChI=1S/C16H14INO4/c1-21-14-8-7-10(9-12(14)17)15(19)18-13-6-4-3-5-11(13)16(20)22-2/h3-9H,1-2H3,(H,18,19). The molecule has 5 nitrogen and oxygen atoms in total. The van der Waals surface area contributed by atoms with Gasteiger partial charge in [0.1, 0.15) is 5.75 Å². The van der Waals surface area contributed by atoms with Crippen LogP contribution in [0.15, 0.2) is 42.5 Å². The first kappa shape index (κ1) is 16.3. The molecule has 2 aromatic carbocycles. The summed E-state index contributed by atoms with van der Waals surface area (Å²) >= 11 is 2.09. The maximum atomic E-state index is 12.3. The summed E-state index contributed by atoms with van der Waals surface area (Å²) < 4.78 is 10.7. The summed E-state index contributed by atoms with van der Waals surface area (Å²) in [5.74, 6) is -0.107. The zero-order valence-electron chi connectivity index (χ0n) is 12.1. The van der Waals surface area contributed by atoms with Crippen LogP contribution in [0.3, 0.4) is 0 Å². The molecule has 0 fully saturated rings. The molecule has 0 aliphatic carbocycles. The predicted molar refractivity (Wildman–Crippen MR) is 91.4 cm³/mol. The molecule has 0 saturated heterocycles. The minimum Gasteiger partial charge on any atom is -0.496 e. The largest absolute Gasteiger partial charge is 0.496 e. The van der Waals surface area contributed by atoms with Crippen molar-refractivity contribution in [3.63, 3.8) is 0 Å². The number of nitrogens with one attached hydrogen (secondary N) is 1. The molecule has 6 heteroatoms. The topological polar surface area (TPSA) is 64.6 Å². The van der Waals surface area contributed by atoms with Crippen LogP contribution in [-0.4, -0.2) is 26.1 Å². The monoisotopic (exact) mass is 411 g/mol. The number of carbonyl (C=O) groups excluding carboxylic acids is 2. The van der Waals surface area contributed by atoms with Crippen LogP contribution in [0.1, 0.15) is 20.7 Å². The van der Waals surface area contributed by atoms with Gasteiger partial charge in [0.2, 0.25) is 0 Å². The Morgan fingerprint density at radius 3 is 2.45 bits per heavy atom. The Hall–Kier alpha value is -2.09. The van der Waals surface area contributed by atoms with Crippen molar-refractivity contribution in [1.82, 2.24) is 0 Å². The fourth-order valence-corrected chi connectivity index (χ4v) is 2.62. The number of anilines is 1. The van der Waals surface area contributed by atoms with Gasteiger partial charge in [-0.3, -0.25) is 4.79 Å². The predicted octanol–water partition coefficient (Wildman–Crippen LogP) is 3.34. The van der Waals surface area contributed by atoms with Crippen molar-refractivity contribution < 1.29 is 19.1 Å². The number of hydrogen-bond donors (Lipinski definition) is 1. The number of rotatable bonds is 4. The van der Waals surface area contributed by atoms with Crippen LogP contribution in [0.2, 0.25) is 0 Å². The second-order valence-corrected chi connectivity index (χ2v) is 5.50. The number of hydrogen-bond acceptors (Lipinski definition) is 4. The highest BCUT2D eigenvalue weighted by molar-refractivity contribution is 14.1. The second-order valence-electron chi connectivity index (χ2n) is 4.34. The molecule has 22 heavy (non-hydrogen) atoms. The van der Waals surface area contributed by atoms with Crippen LogP contribution in [0.5, 0.6) is 5.75 Å². The molecule has 0 atom stereocenters. The molecule has 0 saturated carbocycles. The number of methoxy groups -OCH3 is 2. The van der Waals surface area contributed by atoms with E-state index < -0.39 is 5.97 Å². The molecule has 0 heterocycles. The van der Waals surface area contributed by atoms with Crippen molar-refractivity contribution in [2.24, 2.45) is 0 Å². The average molecular weight is 411 g/mol. The zero-order valence-corrected chi connectivity index (χ0v) is 14.2. The molecule has 0 aromatic heterocycles. The summed E-state index contributed by atoms with van der Waals surface area (Å²) in [6.07, 6.45) is 0. The summed E-state index contributed by atoms with van der Waals surface area (Å²) in [5, 5.41) is 2.72. The maximum absolute atomic E-state index is 12.3. The molecule has 1 N–H and O–H groups in total. The zero-order chi connectivity index (χ0) is 16.1. The van der Waals surface area contributed by atoms with Crippen LogP contribution >= 0.6 is 22.6 Å². The molecule has 0 unspecified atom stereocenters. The minimum absolute atomic E-state index is 0.307. The molecular weight excluding hydrogens is 397 g/mol. The van der Waals surface area contributed by atoms with Crippen LogP contribution in [-0.2, 0) is 4.74 Å². The van der Waals surface area contributed by atoms with E-state index >= 15 is 0 Å². The number of carbonyl (C=O) groups is 2. The van der Waals surface area contributed by atoms with Crippen molar-refractivity contribution in [3.8, 4) is 5.75 Å². The lowest BCUT2D eigenvalue weighted by Gasteiger charge is -2.10. The van der Waals surface area contributed by atoms with Crippen LogP contribution in [0, 0.1) is 3.57 Å². The van der Waals surface area contributed by atoms with E-state index in [9.17, 15) is 9.59 Å². The Kier molecular flexibility index (Phi) is 5.37. The number of esters is 1. The number of ether oxygens (including phenoxy) is 2. The summed E-state index contributed by atoms with van der Waals surface area (Å²) in [6, 6.07) is 11.8. The van der Waals surface area contributed by atoms with Gasteiger partial charge in [-0.15, -0.1) is 0 Å². The summed E-state index contributed by atoms with van der Waals surface area (Å²) in [6.45, 7) is 0. The highest BCUT2D eigenvalue weighted by Crippen LogP contribution is 2.23. The smallest absolute Gasteiger partial charge is 0.339 e. The van der Waals surface area contributed by atoms with Gasteiger partial charge in [0.25, 0.3) is 5.91 Å². The van der Waals surface area contributed by atoms with Crippen LogP contribution in [0.25, 0.3) is 0 Å². The Labute approximate surface area is 141 Å². The molecule has 1 amide bonds. The molecule has 114 valence electrons. The van der Waals surface area contributed by atoms with E-state index in [-0.39, 0.29) is 5.91 Å². The van der Waals surface area contributed by atoms with Gasteiger partial charge in [-0.2, -0.15) is 0 Å². The quantitative estimate of drug-likeness (QED) is 0.620. The Morgan fingerprint density at radius 2 is 1.82 bits per heavy atom. The molecular formula is C16H14INO4. The van der Waals surface area contributed by atoms with Gasteiger partial charge in [0.15, 0.2) is 0 Å². The number of para-hydroxylation sites is 1. The molecule has 0 radical (unpaired) electrons. The first-order valence-corrected chi connectivity index (χ1v) is 7.47. The van der Waals surface area contributed by atoms with E-state index in [1.165, 1.54) is 7.11 Å². The van der Waals surface area contributed by atoms with E-state index in [0.717, 1.165) is 3.57 Å². The highest BCUT2D eigenvalue weighted by atomic mass is 127. The summed E-state index contributed by atoms with van der Waals surface area (Å²) in [5.41, 5.74) is 1.19. The number of amides is 1. The van der Waals surface area contributed by atoms with Crippen molar-refractivity contribution >= 4 is 40.2 Å². The third-order valence-electron chi connectivity index (χ3n) is 2.99. The molecule has 2 aromatic rings. The summed E-state index contributed by atoms with van der Waals surface area (Å²) in [4.78, 5) is 24.0. The highest BCUT2D eigenvalue weighted by Gasteiger charge is 2.15. The summed E-state index contributed by atoms with van der Waals surface area (Å²) in [7, 11) is 2.87. The molecule has 0 aliphatic heterocycles. The molecule has 0 bridgehead atoms. The normalized spacial score (nSPS) is 9.95. The van der Waals surface area contributed by atoms with Gasteiger partial charge in [0.05, 0.1) is 29.0 Å². The van der Waals surface area contributed by atoms with Crippen molar-refractivity contribution in [1.29, 1.82) is 0 Å². The van der Waals surface area contributed by atoms with E-state index in [2.05, 4.69) is 27.9 Å². The van der Waals surface area contributed by atoms with Gasteiger partial charge < -0.3 is 14.8 Å². The van der Waals surface area contributed by atoms with Gasteiger partial charge in [0, 0.05) is 5.56 Å². The van der Waals surface area contributed by atoms with Crippen molar-refractivity contribution in [2.45, 2.75) is 0 Å². The SMILES string of the molecule is COC(=O)c1ccccc1NC(=O)c1ccc(OC)c(I)c1. The lowest BCUT2D eigenvalue weighted by Crippen LogP contribution is -2.15. The Balaban J connectivity index is 2.26. The van der Waals surface area contributed by atoms with Gasteiger partial charge in [-0.25, -0.2) is 4.79 Å². The molecule has 2 rings (SSSR count). The van der Waals surface area contributed by atoms with Gasteiger partial charge in [-0.05, 0) is 52.9 Å². The first-order chi connectivity index (χ1) is 10.6. The fourth-order valence-electron chi connectivity index (χ4n) is 1.88. The maximum Gasteiger partial charge on any atom is 0.339 e. The second kappa shape index (κ2) is 7.26. The molecule has 0 aliphatic rings. The van der Waals surface area contributed by atoms with E-state index in [4.69, 9.17) is 9.47 Å². The van der Waals surface area contributed by atoms with E-state index in [1.807, 2.05) is 0 Å². The van der Waals surface area contributed by atoms with Crippen molar-refractivity contribution in [3.05, 3.63) is 57.2 Å². The Morgan fingerprint density at radius 1 is 1.09 bits per heavy atom. The molecule has 0 spiro atoms. The van der Waals surface area contributed by atoms with Gasteiger partial charge in [-0.1, -0.05) is 12.1 Å². The lowest BCUT2D eigenvalue weighted by molar-refractivity contribution is 0.0602. The first-order valence-electron chi connectivity index (χ1n) is 6.39. The average Bonchev–Trinajstić information content (AvgIpc) is 2.54. The van der Waals surface area contributed by atoms with Crippen LogP contribution < -0.4 is 10.1 Å². The third kappa shape index (κ3) is 3.56. The van der Waals surface area contributed by atoms with E-state index in [0.29, 0.717) is 22.6 Å². The number of halogens is 1. The fraction of sp³-hybridized carbons (Fsp3) is 0.125. The lowest BCUT2D eigenvalue weighted by atomic mass is 10.1.